The van der Waals surface area contributed by atoms with E-state index in [0.717, 1.165) is 28.8 Å². The van der Waals surface area contributed by atoms with Crippen molar-refractivity contribution in [2.24, 2.45) is 0 Å². The molecule has 0 saturated carbocycles. The first-order valence-electron chi connectivity index (χ1n) is 11.1. The van der Waals surface area contributed by atoms with Gasteiger partial charge in [-0.2, -0.15) is 13.9 Å². The molecule has 174 valence electrons. The number of rotatable bonds is 7. The minimum absolute atomic E-state index is 0.120. The Morgan fingerprint density at radius 2 is 2.06 bits per heavy atom. The van der Waals surface area contributed by atoms with Gasteiger partial charge >= 0.3 is 5.66 Å². The van der Waals surface area contributed by atoms with Crippen molar-refractivity contribution in [3.63, 3.8) is 0 Å². The van der Waals surface area contributed by atoms with E-state index < -0.39 is 5.66 Å². The van der Waals surface area contributed by atoms with E-state index in [9.17, 15) is 13.6 Å². The normalized spacial score (nSPS) is 16.0. The maximum absolute atomic E-state index is 14.6. The summed E-state index contributed by atoms with van der Waals surface area (Å²) >= 11 is 1.72. The van der Waals surface area contributed by atoms with E-state index in [1.807, 2.05) is 31.2 Å². The van der Waals surface area contributed by atoms with Crippen LogP contribution >= 0.6 is 20.6 Å². The summed E-state index contributed by atoms with van der Waals surface area (Å²) in [6, 6.07) is 9.86. The Labute approximate surface area is 199 Å². The smallest absolute Gasteiger partial charge is 0.302 e. The van der Waals surface area contributed by atoms with Gasteiger partial charge in [-0.15, -0.1) is 11.3 Å². The molecular weight excluding hydrogens is 459 g/mol. The van der Waals surface area contributed by atoms with Crippen molar-refractivity contribution in [3.05, 3.63) is 75.8 Å². The summed E-state index contributed by atoms with van der Waals surface area (Å²) in [6.07, 6.45) is 4.76. The van der Waals surface area contributed by atoms with Crippen LogP contribution in [0, 0.1) is 0 Å². The quantitative estimate of drug-likeness (QED) is 0.295. The Morgan fingerprint density at radius 3 is 2.73 bits per heavy atom. The highest BCUT2D eigenvalue weighted by atomic mass is 32.1. The van der Waals surface area contributed by atoms with Crippen LogP contribution in [0.25, 0.3) is 11.1 Å². The van der Waals surface area contributed by atoms with Crippen molar-refractivity contribution in [2.45, 2.75) is 51.4 Å². The number of alkyl halides is 2. The molecule has 0 radical (unpaired) electrons. The van der Waals surface area contributed by atoms with Gasteiger partial charge in [0.05, 0.1) is 6.54 Å². The van der Waals surface area contributed by atoms with Crippen molar-refractivity contribution in [1.82, 2.24) is 14.7 Å². The molecule has 1 aromatic carbocycles. The summed E-state index contributed by atoms with van der Waals surface area (Å²) in [6.45, 7) is 9.34. The monoisotopic (exact) mass is 487 g/mol. The summed E-state index contributed by atoms with van der Waals surface area (Å²) in [5.74, 6) is -0.242. The van der Waals surface area contributed by atoms with Crippen LogP contribution in [-0.4, -0.2) is 27.1 Å². The lowest BCUT2D eigenvalue weighted by atomic mass is 9.83. The average molecular weight is 488 g/mol. The van der Waals surface area contributed by atoms with Crippen molar-refractivity contribution in [2.75, 3.05) is 6.54 Å². The molecule has 8 heteroatoms. The van der Waals surface area contributed by atoms with Gasteiger partial charge in [-0.3, -0.25) is 9.48 Å². The molecule has 0 saturated heterocycles. The molecule has 3 heterocycles. The number of hydrogen-bond acceptors (Lipinski definition) is 3. The minimum atomic E-state index is -3.15. The lowest BCUT2D eigenvalue weighted by Gasteiger charge is -2.33. The van der Waals surface area contributed by atoms with E-state index in [0.29, 0.717) is 25.2 Å². The largest absolute Gasteiger partial charge is 0.333 e. The van der Waals surface area contributed by atoms with E-state index in [1.165, 1.54) is 16.5 Å². The highest BCUT2D eigenvalue weighted by Gasteiger charge is 2.35. The number of halogens is 2. The van der Waals surface area contributed by atoms with Crippen LogP contribution in [-0.2, 0) is 30.0 Å². The molecule has 33 heavy (non-hydrogen) atoms. The van der Waals surface area contributed by atoms with Gasteiger partial charge in [0.25, 0.3) is 0 Å². The second-order valence-corrected chi connectivity index (χ2v) is 10.2. The van der Waals surface area contributed by atoms with Gasteiger partial charge in [0.15, 0.2) is 0 Å². The van der Waals surface area contributed by atoms with Crippen molar-refractivity contribution in [3.8, 4) is 11.1 Å². The Kier molecular flexibility index (Phi) is 6.83. The van der Waals surface area contributed by atoms with Gasteiger partial charge in [0, 0.05) is 40.5 Å². The minimum Gasteiger partial charge on any atom is -0.333 e. The fraction of sp³-hybridized carbons (Fsp3) is 0.360. The van der Waals surface area contributed by atoms with Gasteiger partial charge in [-0.1, -0.05) is 53.9 Å². The maximum Gasteiger partial charge on any atom is 0.302 e. The second-order valence-electron chi connectivity index (χ2n) is 8.28. The van der Waals surface area contributed by atoms with Gasteiger partial charge in [-0.25, -0.2) is 0 Å². The highest BCUT2D eigenvalue weighted by Crippen LogP contribution is 2.45. The van der Waals surface area contributed by atoms with E-state index in [2.05, 4.69) is 24.7 Å². The standard InChI is InChI=1S/C25H28F2N3OPS/c1-4-11-30-14-21(24(28-30)25(26,27)32)18-10-8-7-9-17(18)20-13-29(23(31)6-3)15-22-19(20)12-16(5-2)33-22/h6-10,12,14,20H,3-5,11,13,15,32H2,1-2H3/t20-/m0/s1. The predicted molar refractivity (Wildman–Crippen MR) is 133 cm³/mol. The van der Waals surface area contributed by atoms with Crippen LogP contribution in [0.5, 0.6) is 0 Å². The Balaban J connectivity index is 1.88. The number of hydrogen-bond donors (Lipinski definition) is 0. The number of thiophene rings is 1. The summed E-state index contributed by atoms with van der Waals surface area (Å²) in [7, 11) is 1.62. The molecule has 0 N–H and O–H groups in total. The first-order valence-corrected chi connectivity index (χ1v) is 12.5. The third-order valence-electron chi connectivity index (χ3n) is 6.00. The van der Waals surface area contributed by atoms with Crippen LogP contribution < -0.4 is 0 Å². The second kappa shape index (κ2) is 9.47. The molecule has 1 aliphatic heterocycles. The molecule has 0 aliphatic carbocycles. The zero-order chi connectivity index (χ0) is 23.8. The molecule has 4 rings (SSSR count). The molecule has 3 aromatic rings. The zero-order valence-electron chi connectivity index (χ0n) is 18.9. The van der Waals surface area contributed by atoms with Crippen molar-refractivity contribution >= 4 is 26.5 Å². The fourth-order valence-electron chi connectivity index (χ4n) is 4.47. The molecule has 0 bridgehead atoms. The van der Waals surface area contributed by atoms with Gasteiger partial charge in [0.1, 0.15) is 5.69 Å². The average Bonchev–Trinajstić information content (AvgIpc) is 3.42. The Bertz CT molecular complexity index is 1180. The summed E-state index contributed by atoms with van der Waals surface area (Å²) in [5, 5.41) is 4.22. The lowest BCUT2D eigenvalue weighted by molar-refractivity contribution is -0.127. The lowest BCUT2D eigenvalue weighted by Crippen LogP contribution is -2.37. The molecule has 0 fully saturated rings. The molecule has 1 unspecified atom stereocenters. The summed E-state index contributed by atoms with van der Waals surface area (Å²) in [5.41, 5.74) is -0.140. The molecule has 1 amide bonds. The Morgan fingerprint density at radius 1 is 1.30 bits per heavy atom. The molecule has 2 aromatic heterocycles. The van der Waals surface area contributed by atoms with Crippen LogP contribution in [0.15, 0.2) is 49.2 Å². The van der Waals surface area contributed by atoms with Crippen LogP contribution in [0.4, 0.5) is 8.78 Å². The van der Waals surface area contributed by atoms with Crippen molar-refractivity contribution in [1.29, 1.82) is 0 Å². The number of nitrogens with zero attached hydrogens (tertiary/aromatic N) is 3. The number of fused-ring (bicyclic) bond motifs is 1. The number of aromatic nitrogens is 2. The first kappa shape index (κ1) is 23.8. The third kappa shape index (κ3) is 4.67. The van der Waals surface area contributed by atoms with Gasteiger partial charge in [-0.05, 0) is 41.7 Å². The molecular formula is C25H28F2N3OPS. The van der Waals surface area contributed by atoms with Gasteiger partial charge in [0.2, 0.25) is 5.91 Å². The SMILES string of the molecule is C=CC(=O)N1Cc2sc(CC)cc2[C@H](c2ccccc2-c2cn(CCC)nc2C(F)(F)P)C1. The molecule has 1 aliphatic rings. The van der Waals surface area contributed by atoms with E-state index in [1.54, 1.807) is 36.4 Å². The predicted octanol–water partition coefficient (Wildman–Crippen LogP) is 6.17. The molecule has 4 nitrogen and oxygen atoms in total. The van der Waals surface area contributed by atoms with E-state index >= 15 is 0 Å². The van der Waals surface area contributed by atoms with Crippen LogP contribution in [0.1, 0.15) is 52.8 Å². The number of carbonyl (C=O) groups excluding carboxylic acids is 1. The fourth-order valence-corrected chi connectivity index (χ4v) is 5.87. The van der Waals surface area contributed by atoms with Crippen molar-refractivity contribution < 1.29 is 13.6 Å². The molecule has 2 atom stereocenters. The van der Waals surface area contributed by atoms with Gasteiger partial charge < -0.3 is 4.90 Å². The Hall–Kier alpha value is -2.37. The number of amides is 1. The summed E-state index contributed by atoms with van der Waals surface area (Å²) in [4.78, 5) is 16.7. The first-order chi connectivity index (χ1) is 15.8. The van der Waals surface area contributed by atoms with Crippen LogP contribution in [0.3, 0.4) is 0 Å². The summed E-state index contributed by atoms with van der Waals surface area (Å²) < 4.78 is 30.7. The van der Waals surface area contributed by atoms with E-state index in [-0.39, 0.29) is 17.5 Å². The highest BCUT2D eigenvalue weighted by molar-refractivity contribution is 7.17. The zero-order valence-corrected chi connectivity index (χ0v) is 20.8. The number of aryl methyl sites for hydroxylation is 2. The third-order valence-corrected chi connectivity index (χ3v) is 7.55. The maximum atomic E-state index is 14.6. The topological polar surface area (TPSA) is 38.1 Å². The number of carbonyl (C=O) groups is 1. The number of benzene rings is 1. The van der Waals surface area contributed by atoms with E-state index in [4.69, 9.17) is 0 Å². The van der Waals surface area contributed by atoms with Crippen LogP contribution in [0.2, 0.25) is 0 Å². The molecule has 0 spiro atoms.